The summed E-state index contributed by atoms with van der Waals surface area (Å²) in [5.74, 6) is -0.675. The van der Waals surface area contributed by atoms with Gasteiger partial charge < -0.3 is 5.32 Å². The van der Waals surface area contributed by atoms with Crippen molar-refractivity contribution in [1.82, 2.24) is 10.2 Å². The smallest absolute Gasteiger partial charge is 0.128 e. The molecule has 2 rings (SSSR count). The second kappa shape index (κ2) is 5.76. The molecule has 1 N–H and O–H groups in total. The minimum atomic E-state index is -0.367. The summed E-state index contributed by atoms with van der Waals surface area (Å²) in [5.41, 5.74) is 0.483. The lowest BCUT2D eigenvalue weighted by molar-refractivity contribution is 0.131. The highest BCUT2D eigenvalue weighted by molar-refractivity contribution is 5.23. The maximum Gasteiger partial charge on any atom is 0.128 e. The standard InChI is InChI=1S/C14H20F2N2/c1-3-18-7-6-11(17-2)9-14(18)12-8-10(15)4-5-13(12)16/h4-5,8,11,14,17H,3,6-7,9H2,1-2H3/t11-,14+/m1/s1. The zero-order chi connectivity index (χ0) is 13.1. The molecule has 1 aromatic carbocycles. The molecule has 0 radical (unpaired) electrons. The SMILES string of the molecule is CCN1CC[C@@H](NC)C[C@H]1c1cc(F)ccc1F. The van der Waals surface area contributed by atoms with E-state index in [2.05, 4.69) is 17.1 Å². The van der Waals surface area contributed by atoms with Gasteiger partial charge in [0.05, 0.1) is 0 Å². The monoisotopic (exact) mass is 254 g/mol. The summed E-state index contributed by atoms with van der Waals surface area (Å²) in [6.45, 7) is 3.84. The van der Waals surface area contributed by atoms with Crippen molar-refractivity contribution >= 4 is 0 Å². The maximum atomic E-state index is 13.9. The topological polar surface area (TPSA) is 15.3 Å². The van der Waals surface area contributed by atoms with Gasteiger partial charge in [-0.2, -0.15) is 0 Å². The molecule has 4 heteroatoms. The number of likely N-dealkylation sites (tertiary alicyclic amines) is 1. The van der Waals surface area contributed by atoms with Crippen LogP contribution in [0.2, 0.25) is 0 Å². The van der Waals surface area contributed by atoms with E-state index in [1.807, 2.05) is 7.05 Å². The fourth-order valence-corrected chi connectivity index (χ4v) is 2.75. The Bertz CT molecular complexity index is 409. The fraction of sp³-hybridized carbons (Fsp3) is 0.571. The number of halogens is 2. The molecule has 0 aromatic heterocycles. The Balaban J connectivity index is 2.29. The predicted octanol–water partition coefficient (Wildman–Crippen LogP) is 2.71. The van der Waals surface area contributed by atoms with Gasteiger partial charge in [-0.3, -0.25) is 4.90 Å². The van der Waals surface area contributed by atoms with E-state index in [0.717, 1.165) is 25.9 Å². The lowest BCUT2D eigenvalue weighted by atomic mass is 9.91. The van der Waals surface area contributed by atoms with Gasteiger partial charge in [0.1, 0.15) is 11.6 Å². The average Bonchev–Trinajstić information content (AvgIpc) is 2.40. The number of benzene rings is 1. The lowest BCUT2D eigenvalue weighted by Crippen LogP contribution is -2.43. The largest absolute Gasteiger partial charge is 0.317 e. The van der Waals surface area contributed by atoms with Crippen LogP contribution in [0, 0.1) is 11.6 Å². The minimum absolute atomic E-state index is 0.0306. The number of nitrogens with zero attached hydrogens (tertiary/aromatic N) is 1. The second-order valence-electron chi connectivity index (χ2n) is 4.82. The fourth-order valence-electron chi connectivity index (χ4n) is 2.75. The minimum Gasteiger partial charge on any atom is -0.317 e. The summed E-state index contributed by atoms with van der Waals surface area (Å²) in [5, 5.41) is 3.24. The van der Waals surface area contributed by atoms with Gasteiger partial charge in [0.2, 0.25) is 0 Å². The summed E-state index contributed by atoms with van der Waals surface area (Å²) in [4.78, 5) is 2.21. The van der Waals surface area contributed by atoms with Crippen LogP contribution in [0.4, 0.5) is 8.78 Å². The van der Waals surface area contributed by atoms with Crippen LogP contribution in [0.25, 0.3) is 0 Å². The van der Waals surface area contributed by atoms with Crippen molar-refractivity contribution in [3.05, 3.63) is 35.4 Å². The highest BCUT2D eigenvalue weighted by Gasteiger charge is 2.29. The molecule has 0 bridgehead atoms. The molecular formula is C14H20F2N2. The van der Waals surface area contributed by atoms with Crippen molar-refractivity contribution in [1.29, 1.82) is 0 Å². The van der Waals surface area contributed by atoms with Gasteiger partial charge in [0.15, 0.2) is 0 Å². The summed E-state index contributed by atoms with van der Waals surface area (Å²) in [6, 6.07) is 4.08. The zero-order valence-corrected chi connectivity index (χ0v) is 10.9. The molecule has 2 nitrogen and oxygen atoms in total. The molecule has 1 aromatic rings. The molecule has 0 amide bonds. The Morgan fingerprint density at radius 1 is 1.39 bits per heavy atom. The van der Waals surface area contributed by atoms with E-state index in [9.17, 15) is 8.78 Å². The van der Waals surface area contributed by atoms with Crippen LogP contribution >= 0.6 is 0 Å². The molecule has 1 aliphatic heterocycles. The van der Waals surface area contributed by atoms with Crippen LogP contribution in [0.3, 0.4) is 0 Å². The number of hydrogen-bond donors (Lipinski definition) is 1. The summed E-state index contributed by atoms with van der Waals surface area (Å²) < 4.78 is 27.2. The number of hydrogen-bond acceptors (Lipinski definition) is 2. The first-order chi connectivity index (χ1) is 8.65. The third-order valence-electron chi connectivity index (χ3n) is 3.84. The maximum absolute atomic E-state index is 13.9. The first-order valence-corrected chi connectivity index (χ1v) is 6.52. The van der Waals surface area contributed by atoms with Crippen LogP contribution in [0.5, 0.6) is 0 Å². The summed E-state index contributed by atoms with van der Waals surface area (Å²) in [6.07, 6.45) is 1.88. The number of nitrogens with one attached hydrogen (secondary N) is 1. The van der Waals surface area contributed by atoms with Crippen LogP contribution in [-0.4, -0.2) is 31.1 Å². The Kier molecular flexibility index (Phi) is 4.30. The van der Waals surface area contributed by atoms with Crippen molar-refractivity contribution in [3.63, 3.8) is 0 Å². The highest BCUT2D eigenvalue weighted by Crippen LogP contribution is 2.32. The molecule has 0 saturated carbocycles. The van der Waals surface area contributed by atoms with Crippen LogP contribution in [0.1, 0.15) is 31.4 Å². The average molecular weight is 254 g/mol. The summed E-state index contributed by atoms with van der Waals surface area (Å²) >= 11 is 0. The molecule has 2 atom stereocenters. The molecular weight excluding hydrogens is 234 g/mol. The molecule has 18 heavy (non-hydrogen) atoms. The third-order valence-corrected chi connectivity index (χ3v) is 3.84. The van der Waals surface area contributed by atoms with Crippen LogP contribution in [-0.2, 0) is 0 Å². The van der Waals surface area contributed by atoms with Gasteiger partial charge in [-0.15, -0.1) is 0 Å². The van der Waals surface area contributed by atoms with Gasteiger partial charge in [0, 0.05) is 24.2 Å². The van der Waals surface area contributed by atoms with Crippen molar-refractivity contribution in [2.24, 2.45) is 0 Å². The highest BCUT2D eigenvalue weighted by atomic mass is 19.1. The van der Waals surface area contributed by atoms with E-state index < -0.39 is 0 Å². The van der Waals surface area contributed by atoms with Gasteiger partial charge in [-0.25, -0.2) is 8.78 Å². The molecule has 1 saturated heterocycles. The first kappa shape index (κ1) is 13.4. The van der Waals surface area contributed by atoms with Crippen molar-refractivity contribution in [2.75, 3.05) is 20.1 Å². The van der Waals surface area contributed by atoms with E-state index >= 15 is 0 Å². The van der Waals surface area contributed by atoms with Gasteiger partial charge in [-0.05, 0) is 44.6 Å². The number of piperidine rings is 1. The Morgan fingerprint density at radius 3 is 2.83 bits per heavy atom. The number of rotatable bonds is 3. The van der Waals surface area contributed by atoms with Crippen LogP contribution < -0.4 is 5.32 Å². The Hall–Kier alpha value is -1.00. The molecule has 1 aliphatic rings. The van der Waals surface area contributed by atoms with E-state index in [1.54, 1.807) is 0 Å². The normalized spacial score (nSPS) is 25.3. The van der Waals surface area contributed by atoms with Crippen molar-refractivity contribution in [3.8, 4) is 0 Å². The molecule has 0 spiro atoms. The lowest BCUT2D eigenvalue weighted by Gasteiger charge is -2.39. The molecule has 0 unspecified atom stereocenters. The predicted molar refractivity (Wildman–Crippen MR) is 68.4 cm³/mol. The zero-order valence-electron chi connectivity index (χ0n) is 10.9. The quantitative estimate of drug-likeness (QED) is 0.892. The van der Waals surface area contributed by atoms with Gasteiger partial charge in [-0.1, -0.05) is 6.92 Å². The second-order valence-corrected chi connectivity index (χ2v) is 4.82. The van der Waals surface area contributed by atoms with E-state index in [1.165, 1.54) is 18.2 Å². The first-order valence-electron chi connectivity index (χ1n) is 6.52. The van der Waals surface area contributed by atoms with Crippen molar-refractivity contribution < 1.29 is 8.78 Å². The summed E-state index contributed by atoms with van der Waals surface area (Å²) in [7, 11) is 1.92. The molecule has 0 aliphatic carbocycles. The van der Waals surface area contributed by atoms with Gasteiger partial charge >= 0.3 is 0 Å². The third kappa shape index (κ3) is 2.70. The van der Waals surface area contributed by atoms with E-state index in [0.29, 0.717) is 11.6 Å². The van der Waals surface area contributed by atoms with Gasteiger partial charge in [0.25, 0.3) is 0 Å². The molecule has 1 heterocycles. The van der Waals surface area contributed by atoms with E-state index in [-0.39, 0.29) is 17.7 Å². The van der Waals surface area contributed by atoms with Crippen molar-refractivity contribution in [2.45, 2.75) is 31.8 Å². The van der Waals surface area contributed by atoms with E-state index in [4.69, 9.17) is 0 Å². The molecule has 100 valence electrons. The molecule has 1 fully saturated rings. The Labute approximate surface area is 107 Å². The van der Waals surface area contributed by atoms with Crippen LogP contribution in [0.15, 0.2) is 18.2 Å². The Morgan fingerprint density at radius 2 is 2.17 bits per heavy atom.